The van der Waals surface area contributed by atoms with Crippen LogP contribution in [0.5, 0.6) is 11.5 Å². The van der Waals surface area contributed by atoms with Gasteiger partial charge in [-0.25, -0.2) is 9.59 Å². The Balaban J connectivity index is 1.67. The molecule has 1 N–H and O–H groups in total. The maximum Gasteiger partial charge on any atom is 0.342 e. The number of nitrogens with zero attached hydrogens (tertiary/aromatic N) is 1. The van der Waals surface area contributed by atoms with Crippen molar-refractivity contribution in [1.29, 1.82) is 0 Å². The van der Waals surface area contributed by atoms with Crippen LogP contribution in [0.2, 0.25) is 5.02 Å². The highest BCUT2D eigenvalue weighted by Gasteiger charge is 2.19. The normalized spacial score (nSPS) is 12.5. The molecule has 0 aliphatic carbocycles. The summed E-state index contributed by atoms with van der Waals surface area (Å²) in [6.07, 6.45) is 1.71. The van der Waals surface area contributed by atoms with Crippen LogP contribution < -0.4 is 19.7 Å². The second kappa shape index (κ2) is 8.35. The van der Waals surface area contributed by atoms with Crippen LogP contribution in [0, 0.1) is 0 Å². The standard InChI is InChI=1S/C21H21ClN2O4/c1-13(2)23-21(26)24(3)17-5-7-18(8-6-17)28-20(25)15-10-14-11-16(22)4-9-19(14)27-12-15/h4-11,13H,12H2,1-3H3,(H,23,26). The summed E-state index contributed by atoms with van der Waals surface area (Å²) in [5, 5.41) is 3.38. The number of anilines is 1. The van der Waals surface area contributed by atoms with E-state index in [2.05, 4.69) is 5.32 Å². The van der Waals surface area contributed by atoms with E-state index in [1.165, 1.54) is 4.90 Å². The average molecular weight is 401 g/mol. The van der Waals surface area contributed by atoms with E-state index in [1.54, 1.807) is 55.6 Å². The Morgan fingerprint density at radius 2 is 1.89 bits per heavy atom. The summed E-state index contributed by atoms with van der Waals surface area (Å²) < 4.78 is 11.0. The molecule has 146 valence electrons. The van der Waals surface area contributed by atoms with Gasteiger partial charge in [-0.1, -0.05) is 11.6 Å². The molecular weight excluding hydrogens is 380 g/mol. The zero-order valence-corrected chi connectivity index (χ0v) is 16.6. The minimum Gasteiger partial charge on any atom is -0.488 e. The molecule has 0 spiro atoms. The van der Waals surface area contributed by atoms with Crippen molar-refractivity contribution < 1.29 is 19.1 Å². The number of nitrogens with one attached hydrogen (secondary N) is 1. The molecule has 1 aliphatic rings. The van der Waals surface area contributed by atoms with Crippen molar-refractivity contribution in [3.05, 3.63) is 58.6 Å². The van der Waals surface area contributed by atoms with E-state index >= 15 is 0 Å². The van der Waals surface area contributed by atoms with Gasteiger partial charge < -0.3 is 14.8 Å². The summed E-state index contributed by atoms with van der Waals surface area (Å²) in [4.78, 5) is 26.0. The van der Waals surface area contributed by atoms with Crippen molar-refractivity contribution >= 4 is 35.4 Å². The monoisotopic (exact) mass is 400 g/mol. The number of fused-ring (bicyclic) bond motifs is 1. The zero-order valence-electron chi connectivity index (χ0n) is 15.9. The van der Waals surface area contributed by atoms with Gasteiger partial charge in [0, 0.05) is 29.4 Å². The van der Waals surface area contributed by atoms with Gasteiger partial charge in [0.2, 0.25) is 0 Å². The smallest absolute Gasteiger partial charge is 0.342 e. The molecule has 28 heavy (non-hydrogen) atoms. The van der Waals surface area contributed by atoms with E-state index in [4.69, 9.17) is 21.1 Å². The van der Waals surface area contributed by atoms with Gasteiger partial charge in [0.05, 0.1) is 5.57 Å². The van der Waals surface area contributed by atoms with Gasteiger partial charge in [0.1, 0.15) is 18.1 Å². The molecule has 0 radical (unpaired) electrons. The van der Waals surface area contributed by atoms with Crippen molar-refractivity contribution in [3.63, 3.8) is 0 Å². The lowest BCUT2D eigenvalue weighted by Gasteiger charge is -2.20. The fourth-order valence-corrected chi connectivity index (χ4v) is 2.82. The summed E-state index contributed by atoms with van der Waals surface area (Å²) in [7, 11) is 1.67. The van der Waals surface area contributed by atoms with Gasteiger partial charge in [-0.15, -0.1) is 0 Å². The fraction of sp³-hybridized carbons (Fsp3) is 0.238. The second-order valence-corrected chi connectivity index (χ2v) is 7.12. The number of urea groups is 1. The van der Waals surface area contributed by atoms with Crippen LogP contribution in [0.25, 0.3) is 6.08 Å². The van der Waals surface area contributed by atoms with Crippen molar-refractivity contribution in [1.82, 2.24) is 5.32 Å². The molecular formula is C21H21ClN2O4. The number of ether oxygens (including phenoxy) is 2. The Labute approximate surface area is 168 Å². The van der Waals surface area contributed by atoms with Gasteiger partial charge in [-0.3, -0.25) is 4.90 Å². The number of halogens is 1. The highest BCUT2D eigenvalue weighted by Crippen LogP contribution is 2.29. The first-order chi connectivity index (χ1) is 13.3. The van der Waals surface area contributed by atoms with E-state index in [1.807, 2.05) is 13.8 Å². The van der Waals surface area contributed by atoms with Crippen LogP contribution in [-0.2, 0) is 4.79 Å². The first-order valence-corrected chi connectivity index (χ1v) is 9.20. The topological polar surface area (TPSA) is 67.9 Å². The average Bonchev–Trinajstić information content (AvgIpc) is 2.66. The third-order valence-electron chi connectivity index (χ3n) is 4.10. The minimum absolute atomic E-state index is 0.0428. The number of hydrogen-bond donors (Lipinski definition) is 1. The van der Waals surface area contributed by atoms with E-state index in [9.17, 15) is 9.59 Å². The first-order valence-electron chi connectivity index (χ1n) is 8.83. The summed E-state index contributed by atoms with van der Waals surface area (Å²) >= 11 is 5.99. The molecule has 0 unspecified atom stereocenters. The van der Waals surface area contributed by atoms with Crippen molar-refractivity contribution in [2.75, 3.05) is 18.6 Å². The molecule has 1 aliphatic heterocycles. The Bertz CT molecular complexity index is 923. The predicted octanol–water partition coefficient (Wildman–Crippen LogP) is 4.28. The number of amides is 2. The first kappa shape index (κ1) is 19.8. The number of carbonyl (C=O) groups excluding carboxylic acids is 2. The van der Waals surface area contributed by atoms with E-state index in [0.717, 1.165) is 5.56 Å². The van der Waals surface area contributed by atoms with E-state index < -0.39 is 5.97 Å². The van der Waals surface area contributed by atoms with Gasteiger partial charge >= 0.3 is 12.0 Å². The minimum atomic E-state index is -0.496. The van der Waals surface area contributed by atoms with Crippen molar-refractivity contribution in [2.24, 2.45) is 0 Å². The van der Waals surface area contributed by atoms with Crippen LogP contribution in [0.1, 0.15) is 19.4 Å². The van der Waals surface area contributed by atoms with Crippen LogP contribution in [0.4, 0.5) is 10.5 Å². The number of benzene rings is 2. The fourth-order valence-electron chi connectivity index (χ4n) is 2.64. The summed E-state index contributed by atoms with van der Waals surface area (Å²) in [6, 6.07) is 11.8. The predicted molar refractivity (Wildman–Crippen MR) is 109 cm³/mol. The Kier molecular flexibility index (Phi) is 5.90. The number of hydrogen-bond acceptors (Lipinski definition) is 4. The van der Waals surface area contributed by atoms with Crippen LogP contribution in [-0.4, -0.2) is 31.7 Å². The van der Waals surface area contributed by atoms with Crippen LogP contribution >= 0.6 is 11.6 Å². The van der Waals surface area contributed by atoms with Crippen molar-refractivity contribution in [2.45, 2.75) is 19.9 Å². The highest BCUT2D eigenvalue weighted by molar-refractivity contribution is 6.30. The van der Waals surface area contributed by atoms with Crippen LogP contribution in [0.15, 0.2) is 48.0 Å². The molecule has 2 amide bonds. The molecule has 0 atom stereocenters. The lowest BCUT2D eigenvalue weighted by molar-refractivity contribution is -0.130. The molecule has 0 bridgehead atoms. The van der Waals surface area contributed by atoms with Crippen LogP contribution in [0.3, 0.4) is 0 Å². The van der Waals surface area contributed by atoms with Gasteiger partial charge in [-0.2, -0.15) is 0 Å². The maximum atomic E-state index is 12.4. The quantitative estimate of drug-likeness (QED) is 0.614. The molecule has 0 aromatic heterocycles. The molecule has 0 saturated carbocycles. The Hall–Kier alpha value is -2.99. The number of esters is 1. The van der Waals surface area contributed by atoms with E-state index in [0.29, 0.717) is 27.8 Å². The van der Waals surface area contributed by atoms with E-state index in [-0.39, 0.29) is 18.7 Å². The SMILES string of the molecule is CC(C)NC(=O)N(C)c1ccc(OC(=O)C2=Cc3cc(Cl)ccc3OC2)cc1. The highest BCUT2D eigenvalue weighted by atomic mass is 35.5. The lowest BCUT2D eigenvalue weighted by Crippen LogP contribution is -2.40. The third kappa shape index (κ3) is 4.64. The molecule has 3 rings (SSSR count). The number of carbonyl (C=O) groups is 2. The molecule has 2 aromatic rings. The third-order valence-corrected chi connectivity index (χ3v) is 4.33. The summed E-state index contributed by atoms with van der Waals surface area (Å²) in [5.74, 6) is 0.557. The Morgan fingerprint density at radius 3 is 2.57 bits per heavy atom. The number of rotatable bonds is 4. The molecule has 0 saturated heterocycles. The summed E-state index contributed by atoms with van der Waals surface area (Å²) in [5.41, 5.74) is 1.81. The molecule has 2 aromatic carbocycles. The molecule has 6 nitrogen and oxygen atoms in total. The second-order valence-electron chi connectivity index (χ2n) is 6.69. The maximum absolute atomic E-state index is 12.4. The molecule has 0 fully saturated rings. The summed E-state index contributed by atoms with van der Waals surface area (Å²) in [6.45, 7) is 3.91. The molecule has 1 heterocycles. The lowest BCUT2D eigenvalue weighted by atomic mass is 10.1. The largest absolute Gasteiger partial charge is 0.488 e. The van der Waals surface area contributed by atoms with Gasteiger partial charge in [0.25, 0.3) is 0 Å². The molecule has 7 heteroatoms. The van der Waals surface area contributed by atoms with Gasteiger partial charge in [0.15, 0.2) is 0 Å². The Morgan fingerprint density at radius 1 is 1.18 bits per heavy atom. The van der Waals surface area contributed by atoms with Gasteiger partial charge in [-0.05, 0) is 62.4 Å². The van der Waals surface area contributed by atoms with Crippen molar-refractivity contribution in [3.8, 4) is 11.5 Å². The zero-order chi connectivity index (χ0) is 20.3.